The van der Waals surface area contributed by atoms with E-state index in [0.29, 0.717) is 31.6 Å². The Morgan fingerprint density at radius 2 is 1.94 bits per heavy atom. The fourth-order valence-electron chi connectivity index (χ4n) is 3.14. The van der Waals surface area contributed by atoms with Crippen LogP contribution in [0.4, 0.5) is 5.13 Å². The van der Waals surface area contributed by atoms with Gasteiger partial charge in [0.25, 0.3) is 0 Å². The van der Waals surface area contributed by atoms with Crippen molar-refractivity contribution in [2.24, 2.45) is 0 Å². The number of aromatic nitrogens is 2. The molecule has 0 saturated heterocycles. The van der Waals surface area contributed by atoms with E-state index in [1.807, 2.05) is 13.0 Å². The zero-order valence-corrected chi connectivity index (χ0v) is 19.6. The van der Waals surface area contributed by atoms with E-state index in [1.54, 1.807) is 31.4 Å². The summed E-state index contributed by atoms with van der Waals surface area (Å²) in [7, 11) is -2.04. The first kappa shape index (κ1) is 23.2. The average Bonchev–Trinajstić information content (AvgIpc) is 3.20. The molecule has 0 bridgehead atoms. The molecule has 0 fully saturated rings. The number of nitrogens with one attached hydrogen (secondary N) is 2. The van der Waals surface area contributed by atoms with Gasteiger partial charge in [-0.2, -0.15) is 4.37 Å². The number of anilines is 1. The summed E-state index contributed by atoms with van der Waals surface area (Å²) in [5, 5.41) is 4.01. The van der Waals surface area contributed by atoms with Gasteiger partial charge in [-0.1, -0.05) is 36.8 Å². The fourth-order valence-corrected chi connectivity index (χ4v) is 5.11. The highest BCUT2D eigenvalue weighted by molar-refractivity contribution is 7.89. The Bertz CT molecular complexity index is 1080. The number of methoxy groups -OCH3 is 1. The van der Waals surface area contributed by atoms with Crippen LogP contribution in [0.2, 0.25) is 0 Å². The van der Waals surface area contributed by atoms with E-state index in [1.165, 1.54) is 22.7 Å². The average molecular weight is 461 g/mol. The molecule has 2 N–H and O–H groups in total. The van der Waals surface area contributed by atoms with E-state index in [0.717, 1.165) is 11.0 Å². The van der Waals surface area contributed by atoms with Crippen LogP contribution in [0.25, 0.3) is 0 Å². The maximum Gasteiger partial charge on any atom is 0.240 e. The van der Waals surface area contributed by atoms with Crippen molar-refractivity contribution in [3.05, 3.63) is 65.5 Å². The SMILES string of the molecule is CCC(CCNc1nc(Cc2cccc(C)c2)ns1)NS(=O)(=O)c1ccc(OC)cc1. The van der Waals surface area contributed by atoms with Crippen LogP contribution in [0.3, 0.4) is 0 Å². The van der Waals surface area contributed by atoms with Crippen LogP contribution in [0.15, 0.2) is 53.4 Å². The molecule has 3 aromatic rings. The molecule has 0 spiro atoms. The Morgan fingerprint density at radius 3 is 2.61 bits per heavy atom. The highest BCUT2D eigenvalue weighted by Gasteiger charge is 2.19. The first-order valence-corrected chi connectivity index (χ1v) is 12.4. The van der Waals surface area contributed by atoms with Crippen molar-refractivity contribution in [3.8, 4) is 5.75 Å². The maximum absolute atomic E-state index is 12.6. The first-order chi connectivity index (χ1) is 14.9. The zero-order chi connectivity index (χ0) is 22.3. The van der Waals surface area contributed by atoms with Crippen molar-refractivity contribution in [2.75, 3.05) is 19.0 Å². The van der Waals surface area contributed by atoms with Gasteiger partial charge in [-0.15, -0.1) is 0 Å². The molecule has 1 aromatic heterocycles. The summed E-state index contributed by atoms with van der Waals surface area (Å²) >= 11 is 1.32. The molecule has 1 atom stereocenters. The number of sulfonamides is 1. The van der Waals surface area contributed by atoms with Gasteiger partial charge in [0.05, 0.1) is 12.0 Å². The minimum absolute atomic E-state index is 0.181. The van der Waals surface area contributed by atoms with Crippen LogP contribution in [-0.2, 0) is 16.4 Å². The Morgan fingerprint density at radius 1 is 1.16 bits per heavy atom. The number of benzene rings is 2. The van der Waals surface area contributed by atoms with Gasteiger partial charge in [0, 0.05) is 30.5 Å². The smallest absolute Gasteiger partial charge is 0.240 e. The molecule has 9 heteroatoms. The number of nitrogens with zero attached hydrogens (tertiary/aromatic N) is 2. The van der Waals surface area contributed by atoms with Crippen LogP contribution < -0.4 is 14.8 Å². The molecule has 0 amide bonds. The molecule has 7 nitrogen and oxygen atoms in total. The number of hydrogen-bond acceptors (Lipinski definition) is 7. The maximum atomic E-state index is 12.6. The molecule has 0 saturated carbocycles. The second kappa shape index (κ2) is 10.7. The van der Waals surface area contributed by atoms with E-state index in [4.69, 9.17) is 4.74 Å². The lowest BCUT2D eigenvalue weighted by atomic mass is 10.1. The molecule has 0 aliphatic heterocycles. The van der Waals surface area contributed by atoms with Crippen molar-refractivity contribution >= 4 is 26.7 Å². The summed E-state index contributed by atoms with van der Waals surface area (Å²) in [4.78, 5) is 4.77. The van der Waals surface area contributed by atoms with Crippen LogP contribution >= 0.6 is 11.5 Å². The van der Waals surface area contributed by atoms with E-state index in [9.17, 15) is 8.42 Å². The lowest BCUT2D eigenvalue weighted by molar-refractivity contribution is 0.414. The van der Waals surface area contributed by atoms with E-state index in [-0.39, 0.29) is 10.9 Å². The first-order valence-electron chi connectivity index (χ1n) is 10.2. The molecule has 166 valence electrons. The third-order valence-electron chi connectivity index (χ3n) is 4.87. The monoisotopic (exact) mass is 460 g/mol. The summed E-state index contributed by atoms with van der Waals surface area (Å²) in [6.07, 6.45) is 2.02. The molecule has 0 aliphatic rings. The fraction of sp³-hybridized carbons (Fsp3) is 0.364. The number of hydrogen-bond donors (Lipinski definition) is 2. The summed E-state index contributed by atoms with van der Waals surface area (Å²) in [5.74, 6) is 1.40. The number of ether oxygens (including phenoxy) is 1. The van der Waals surface area contributed by atoms with Crippen LogP contribution in [0, 0.1) is 6.92 Å². The second-order valence-electron chi connectivity index (χ2n) is 7.30. The van der Waals surface area contributed by atoms with Gasteiger partial charge in [0.15, 0.2) is 0 Å². The summed E-state index contributed by atoms with van der Waals surface area (Å²) in [6.45, 7) is 4.63. The van der Waals surface area contributed by atoms with E-state index >= 15 is 0 Å². The minimum Gasteiger partial charge on any atom is -0.497 e. The molecule has 0 aliphatic carbocycles. The van der Waals surface area contributed by atoms with E-state index in [2.05, 4.69) is 44.5 Å². The lowest BCUT2D eigenvalue weighted by Crippen LogP contribution is -2.35. The molecule has 2 aromatic carbocycles. The molecule has 1 heterocycles. The molecule has 0 radical (unpaired) electrons. The van der Waals surface area contributed by atoms with Crippen molar-refractivity contribution in [1.82, 2.24) is 14.1 Å². The van der Waals surface area contributed by atoms with Gasteiger partial charge in [0.1, 0.15) is 11.6 Å². The Labute approximate surface area is 188 Å². The predicted molar refractivity (Wildman–Crippen MR) is 124 cm³/mol. The highest BCUT2D eigenvalue weighted by atomic mass is 32.2. The van der Waals surface area contributed by atoms with Crippen molar-refractivity contribution in [2.45, 2.75) is 44.0 Å². The zero-order valence-electron chi connectivity index (χ0n) is 18.0. The van der Waals surface area contributed by atoms with E-state index < -0.39 is 10.0 Å². The molecule has 3 rings (SSSR count). The topological polar surface area (TPSA) is 93.2 Å². The van der Waals surface area contributed by atoms with Crippen LogP contribution in [-0.4, -0.2) is 37.5 Å². The van der Waals surface area contributed by atoms with Gasteiger partial charge in [-0.3, -0.25) is 0 Å². The summed E-state index contributed by atoms with van der Waals surface area (Å²) in [5.41, 5.74) is 2.40. The predicted octanol–water partition coefficient (Wildman–Crippen LogP) is 4.01. The third kappa shape index (κ3) is 6.75. The molecular formula is C22H28N4O3S2. The number of aryl methyl sites for hydroxylation is 1. The Kier molecular flexibility index (Phi) is 8.00. The van der Waals surface area contributed by atoms with Gasteiger partial charge in [-0.25, -0.2) is 18.1 Å². The molecule has 31 heavy (non-hydrogen) atoms. The standard InChI is InChI=1S/C22H28N4O3S2/c1-4-18(26-31(27,28)20-10-8-19(29-3)9-11-20)12-13-23-22-24-21(25-30-22)15-17-7-5-6-16(2)14-17/h5-11,14,18,26H,4,12-13,15H2,1-3H3,(H,23,24,25). The van der Waals surface area contributed by atoms with Crippen molar-refractivity contribution < 1.29 is 13.2 Å². The normalized spacial score (nSPS) is 12.5. The van der Waals surface area contributed by atoms with Crippen LogP contribution in [0.1, 0.15) is 36.7 Å². The summed E-state index contributed by atoms with van der Waals surface area (Å²) in [6, 6.07) is 14.5. The van der Waals surface area contributed by atoms with Gasteiger partial charge in [-0.05, 0) is 49.6 Å². The third-order valence-corrected chi connectivity index (χ3v) is 7.11. The number of rotatable bonds is 11. The lowest BCUT2D eigenvalue weighted by Gasteiger charge is -2.17. The molecular weight excluding hydrogens is 432 g/mol. The largest absolute Gasteiger partial charge is 0.497 e. The van der Waals surface area contributed by atoms with Gasteiger partial charge >= 0.3 is 0 Å². The Hall–Kier alpha value is -2.49. The highest BCUT2D eigenvalue weighted by Crippen LogP contribution is 2.18. The van der Waals surface area contributed by atoms with Gasteiger partial charge in [0.2, 0.25) is 15.2 Å². The Balaban J connectivity index is 1.51. The second-order valence-corrected chi connectivity index (χ2v) is 9.76. The van der Waals surface area contributed by atoms with Gasteiger partial charge < -0.3 is 10.1 Å². The van der Waals surface area contributed by atoms with Crippen molar-refractivity contribution in [1.29, 1.82) is 0 Å². The summed E-state index contributed by atoms with van der Waals surface area (Å²) < 4.78 is 37.6. The minimum atomic E-state index is -3.58. The van der Waals surface area contributed by atoms with Crippen molar-refractivity contribution in [3.63, 3.8) is 0 Å². The van der Waals surface area contributed by atoms with Crippen LogP contribution in [0.5, 0.6) is 5.75 Å². The molecule has 1 unspecified atom stereocenters. The quantitative estimate of drug-likeness (QED) is 0.449.